The summed E-state index contributed by atoms with van der Waals surface area (Å²) in [5, 5.41) is 0. The van der Waals surface area contributed by atoms with E-state index in [0.717, 1.165) is 30.1 Å². The van der Waals surface area contributed by atoms with Gasteiger partial charge in [0.15, 0.2) is 0 Å². The summed E-state index contributed by atoms with van der Waals surface area (Å²) in [4.78, 5) is 6.96. The molecule has 1 aromatic heterocycles. The van der Waals surface area contributed by atoms with Crippen LogP contribution in [0.2, 0.25) is 0 Å². The van der Waals surface area contributed by atoms with E-state index >= 15 is 0 Å². The zero-order valence-electron chi connectivity index (χ0n) is 11.4. The number of para-hydroxylation sites is 1. The summed E-state index contributed by atoms with van der Waals surface area (Å²) in [6.45, 7) is 6.92. The zero-order valence-corrected chi connectivity index (χ0v) is 11.4. The van der Waals surface area contributed by atoms with Gasteiger partial charge < -0.3 is 9.64 Å². The number of hydrogen-bond acceptors (Lipinski definition) is 3. The number of rotatable bonds is 3. The Balaban J connectivity index is 2.05. The highest BCUT2D eigenvalue weighted by Gasteiger charge is 2.19. The number of fused-ring (bicyclic) bond motifs is 3. The van der Waals surface area contributed by atoms with Crippen LogP contribution in [0, 0.1) is 0 Å². The molecule has 0 radical (unpaired) electrons. The predicted octanol–water partition coefficient (Wildman–Crippen LogP) is 3.49. The molecule has 0 saturated heterocycles. The molecule has 1 aliphatic rings. The molecule has 2 heterocycles. The SMILES string of the molecule is CCN(CC)c1cnc2c(c1)COc1ccccc1-2. The zero-order chi connectivity index (χ0) is 13.2. The number of anilines is 1. The molecule has 0 atom stereocenters. The molecule has 0 N–H and O–H groups in total. The Labute approximate surface area is 113 Å². The van der Waals surface area contributed by atoms with Crippen LogP contribution in [0.5, 0.6) is 5.75 Å². The highest BCUT2D eigenvalue weighted by atomic mass is 16.5. The first-order chi connectivity index (χ1) is 9.33. The molecule has 1 aromatic carbocycles. The quantitative estimate of drug-likeness (QED) is 0.838. The molecule has 3 heteroatoms. The summed E-state index contributed by atoms with van der Waals surface area (Å²) in [5.41, 5.74) is 4.49. The molecule has 3 rings (SSSR count). The summed E-state index contributed by atoms with van der Waals surface area (Å²) < 4.78 is 5.79. The van der Waals surface area contributed by atoms with E-state index in [0.29, 0.717) is 6.61 Å². The van der Waals surface area contributed by atoms with Gasteiger partial charge >= 0.3 is 0 Å². The smallest absolute Gasteiger partial charge is 0.129 e. The monoisotopic (exact) mass is 254 g/mol. The number of ether oxygens (including phenoxy) is 1. The molecule has 2 aromatic rings. The number of pyridine rings is 1. The molecule has 0 fully saturated rings. The van der Waals surface area contributed by atoms with Crippen molar-refractivity contribution in [3.05, 3.63) is 42.1 Å². The van der Waals surface area contributed by atoms with Gasteiger partial charge in [-0.15, -0.1) is 0 Å². The first kappa shape index (κ1) is 12.0. The van der Waals surface area contributed by atoms with Gasteiger partial charge in [0.2, 0.25) is 0 Å². The van der Waals surface area contributed by atoms with Crippen molar-refractivity contribution >= 4 is 5.69 Å². The number of hydrogen-bond donors (Lipinski definition) is 0. The van der Waals surface area contributed by atoms with Crippen LogP contribution < -0.4 is 9.64 Å². The van der Waals surface area contributed by atoms with Crippen LogP contribution in [-0.2, 0) is 6.61 Å². The van der Waals surface area contributed by atoms with Gasteiger partial charge in [-0.3, -0.25) is 4.98 Å². The van der Waals surface area contributed by atoms with Crippen molar-refractivity contribution in [3.63, 3.8) is 0 Å². The van der Waals surface area contributed by atoms with E-state index in [1.807, 2.05) is 24.4 Å². The second-order valence-corrected chi connectivity index (χ2v) is 4.66. The molecule has 19 heavy (non-hydrogen) atoms. The first-order valence-electron chi connectivity index (χ1n) is 6.79. The fourth-order valence-electron chi connectivity index (χ4n) is 2.56. The van der Waals surface area contributed by atoms with E-state index in [-0.39, 0.29) is 0 Å². The Kier molecular flexibility index (Phi) is 3.11. The van der Waals surface area contributed by atoms with E-state index in [4.69, 9.17) is 4.74 Å². The molecule has 0 unspecified atom stereocenters. The standard InChI is InChI=1S/C16H18N2O/c1-3-18(4-2)13-9-12-11-19-15-8-6-5-7-14(15)16(12)17-10-13/h5-10H,3-4,11H2,1-2H3. The summed E-state index contributed by atoms with van der Waals surface area (Å²) in [6, 6.07) is 10.3. The van der Waals surface area contributed by atoms with Gasteiger partial charge in [-0.2, -0.15) is 0 Å². The third-order valence-corrected chi connectivity index (χ3v) is 3.61. The summed E-state index contributed by atoms with van der Waals surface area (Å²) >= 11 is 0. The van der Waals surface area contributed by atoms with E-state index in [2.05, 4.69) is 35.9 Å². The van der Waals surface area contributed by atoms with Crippen molar-refractivity contribution < 1.29 is 4.74 Å². The van der Waals surface area contributed by atoms with Crippen molar-refractivity contribution in [1.82, 2.24) is 4.98 Å². The maximum absolute atomic E-state index is 5.79. The molecular weight excluding hydrogens is 236 g/mol. The Hall–Kier alpha value is -2.03. The average Bonchev–Trinajstić information content (AvgIpc) is 2.48. The van der Waals surface area contributed by atoms with E-state index < -0.39 is 0 Å². The van der Waals surface area contributed by atoms with E-state index in [9.17, 15) is 0 Å². The maximum Gasteiger partial charge on any atom is 0.129 e. The molecule has 0 bridgehead atoms. The Morgan fingerprint density at radius 3 is 2.79 bits per heavy atom. The molecule has 98 valence electrons. The lowest BCUT2D eigenvalue weighted by Gasteiger charge is -2.24. The minimum Gasteiger partial charge on any atom is -0.488 e. The normalized spacial score (nSPS) is 12.3. The third kappa shape index (κ3) is 2.05. The van der Waals surface area contributed by atoms with Crippen molar-refractivity contribution in [2.75, 3.05) is 18.0 Å². The lowest BCUT2D eigenvalue weighted by atomic mass is 10.0. The van der Waals surface area contributed by atoms with E-state index in [1.165, 1.54) is 11.3 Å². The van der Waals surface area contributed by atoms with Crippen LogP contribution in [0.15, 0.2) is 36.5 Å². The van der Waals surface area contributed by atoms with Crippen LogP contribution in [0.1, 0.15) is 19.4 Å². The second-order valence-electron chi connectivity index (χ2n) is 4.66. The summed E-state index contributed by atoms with van der Waals surface area (Å²) in [7, 11) is 0. The predicted molar refractivity (Wildman–Crippen MR) is 77.6 cm³/mol. The van der Waals surface area contributed by atoms with Crippen molar-refractivity contribution in [2.45, 2.75) is 20.5 Å². The summed E-state index contributed by atoms with van der Waals surface area (Å²) in [6.07, 6.45) is 1.97. The average molecular weight is 254 g/mol. The second kappa shape index (κ2) is 4.92. The Bertz CT molecular complexity index is 591. The van der Waals surface area contributed by atoms with Crippen LogP contribution in [0.4, 0.5) is 5.69 Å². The topological polar surface area (TPSA) is 25.4 Å². The molecular formula is C16H18N2O. The fourth-order valence-corrected chi connectivity index (χ4v) is 2.56. The van der Waals surface area contributed by atoms with Crippen molar-refractivity contribution in [2.24, 2.45) is 0 Å². The molecule has 1 aliphatic heterocycles. The molecule has 0 saturated carbocycles. The highest BCUT2D eigenvalue weighted by molar-refractivity contribution is 5.73. The third-order valence-electron chi connectivity index (χ3n) is 3.61. The van der Waals surface area contributed by atoms with Gasteiger partial charge in [-0.05, 0) is 32.0 Å². The largest absolute Gasteiger partial charge is 0.488 e. The Morgan fingerprint density at radius 2 is 2.00 bits per heavy atom. The molecule has 0 amide bonds. The maximum atomic E-state index is 5.79. The molecule has 0 aliphatic carbocycles. The lowest BCUT2D eigenvalue weighted by Crippen LogP contribution is -2.22. The first-order valence-corrected chi connectivity index (χ1v) is 6.79. The summed E-state index contributed by atoms with van der Waals surface area (Å²) in [5.74, 6) is 0.929. The molecule has 0 spiro atoms. The van der Waals surface area contributed by atoms with Gasteiger partial charge in [0.1, 0.15) is 12.4 Å². The van der Waals surface area contributed by atoms with Gasteiger partial charge in [0.25, 0.3) is 0 Å². The number of nitrogens with zero attached hydrogens (tertiary/aromatic N) is 2. The van der Waals surface area contributed by atoms with Gasteiger partial charge in [-0.25, -0.2) is 0 Å². The van der Waals surface area contributed by atoms with Crippen molar-refractivity contribution in [3.8, 4) is 17.0 Å². The van der Waals surface area contributed by atoms with Crippen LogP contribution in [0.3, 0.4) is 0 Å². The van der Waals surface area contributed by atoms with Gasteiger partial charge in [0.05, 0.1) is 17.6 Å². The number of aromatic nitrogens is 1. The minimum absolute atomic E-state index is 0.606. The van der Waals surface area contributed by atoms with Crippen molar-refractivity contribution in [1.29, 1.82) is 0 Å². The van der Waals surface area contributed by atoms with E-state index in [1.54, 1.807) is 0 Å². The highest BCUT2D eigenvalue weighted by Crippen LogP contribution is 2.36. The number of benzene rings is 1. The minimum atomic E-state index is 0.606. The Morgan fingerprint density at radius 1 is 1.21 bits per heavy atom. The van der Waals surface area contributed by atoms with Gasteiger partial charge in [-0.1, -0.05) is 12.1 Å². The van der Waals surface area contributed by atoms with Gasteiger partial charge in [0, 0.05) is 24.2 Å². The van der Waals surface area contributed by atoms with Crippen LogP contribution in [0.25, 0.3) is 11.3 Å². The molecule has 3 nitrogen and oxygen atoms in total. The van der Waals surface area contributed by atoms with Crippen LogP contribution in [-0.4, -0.2) is 18.1 Å². The van der Waals surface area contributed by atoms with Crippen LogP contribution >= 0.6 is 0 Å². The fraction of sp³-hybridized carbons (Fsp3) is 0.312. The lowest BCUT2D eigenvalue weighted by molar-refractivity contribution is 0.301.